The number of imidazole rings is 1. The molecule has 0 amide bonds. The number of rotatable bonds is 5. The van der Waals surface area contributed by atoms with Gasteiger partial charge in [-0.05, 0) is 26.0 Å². The van der Waals surface area contributed by atoms with Crippen LogP contribution in [0.3, 0.4) is 0 Å². The molecule has 9 heteroatoms. The maximum atomic E-state index is 12.7. The topological polar surface area (TPSA) is 107 Å². The van der Waals surface area contributed by atoms with E-state index in [1.807, 2.05) is 32.0 Å². The number of piperazine rings is 1. The molecule has 4 rings (SSSR count). The zero-order valence-corrected chi connectivity index (χ0v) is 18.7. The summed E-state index contributed by atoms with van der Waals surface area (Å²) in [5.74, 6) is 1.78. The zero-order chi connectivity index (χ0) is 21.5. The first-order chi connectivity index (χ1) is 14.5. The maximum absolute atomic E-state index is 12.7. The minimum absolute atomic E-state index is 0.277. The van der Waals surface area contributed by atoms with E-state index in [1.165, 1.54) is 0 Å². The van der Waals surface area contributed by atoms with E-state index < -0.39 is 11.2 Å². The van der Waals surface area contributed by atoms with Gasteiger partial charge in [-0.25, -0.2) is 0 Å². The quantitative estimate of drug-likeness (QED) is 0.531. The van der Waals surface area contributed by atoms with Crippen LogP contribution in [0.1, 0.15) is 16.8 Å². The Hall–Kier alpha value is -2.33. The highest BCUT2D eigenvalue weighted by molar-refractivity contribution is 7.90. The van der Waals surface area contributed by atoms with Crippen molar-refractivity contribution in [2.45, 2.75) is 24.8 Å². The van der Waals surface area contributed by atoms with Gasteiger partial charge in [-0.3, -0.25) is 9.97 Å². The van der Waals surface area contributed by atoms with Gasteiger partial charge < -0.3 is 24.7 Å². The van der Waals surface area contributed by atoms with E-state index in [9.17, 15) is 4.55 Å². The van der Waals surface area contributed by atoms with E-state index in [0.29, 0.717) is 10.9 Å². The lowest BCUT2D eigenvalue weighted by Gasteiger charge is -2.13. The highest BCUT2D eigenvalue weighted by Crippen LogP contribution is 2.27. The summed E-state index contributed by atoms with van der Waals surface area (Å²) >= 11 is -1.33. The van der Waals surface area contributed by atoms with Crippen molar-refractivity contribution in [1.82, 2.24) is 25.6 Å². The third-order valence-corrected chi connectivity index (χ3v) is 6.02. The molecule has 3 heterocycles. The second kappa shape index (κ2) is 10.6. The number of ether oxygens (including phenoxy) is 2. The summed E-state index contributed by atoms with van der Waals surface area (Å²) in [6, 6.07) is 5.51. The molecule has 8 nitrogen and oxygen atoms in total. The number of hydrogen-bond donors (Lipinski definition) is 3. The predicted octanol–water partition coefficient (Wildman–Crippen LogP) is 2.08. The van der Waals surface area contributed by atoms with Crippen molar-refractivity contribution in [3.63, 3.8) is 0 Å². The van der Waals surface area contributed by atoms with E-state index in [-0.39, 0.29) is 5.75 Å². The molecule has 1 atom stereocenters. The Kier molecular flexibility index (Phi) is 7.92. The Morgan fingerprint density at radius 3 is 2.37 bits per heavy atom. The second-order valence-corrected chi connectivity index (χ2v) is 8.33. The molecule has 162 valence electrons. The number of hydrogen-bond acceptors (Lipinski definition) is 7. The molecule has 1 aliphatic rings. The van der Waals surface area contributed by atoms with Crippen molar-refractivity contribution >= 4 is 22.2 Å². The lowest BCUT2D eigenvalue weighted by atomic mass is 10.1. The molecular weight excluding hydrogens is 402 g/mol. The van der Waals surface area contributed by atoms with E-state index in [1.54, 1.807) is 20.4 Å². The molecule has 1 saturated heterocycles. The molecule has 0 radical (unpaired) electrons. The summed E-state index contributed by atoms with van der Waals surface area (Å²) in [5, 5.41) is 6.87. The minimum Gasteiger partial charge on any atom is -0.609 e. The Labute approximate surface area is 180 Å². The summed E-state index contributed by atoms with van der Waals surface area (Å²) in [4.78, 5) is 11.9. The number of benzene rings is 1. The van der Waals surface area contributed by atoms with Crippen molar-refractivity contribution in [2.24, 2.45) is 0 Å². The average molecular weight is 432 g/mol. The molecular formula is C21H29N5O3S. The first-order valence-electron chi connectivity index (χ1n) is 9.86. The van der Waals surface area contributed by atoms with Gasteiger partial charge in [-0.2, -0.15) is 4.98 Å². The fourth-order valence-electron chi connectivity index (χ4n) is 3.21. The Morgan fingerprint density at radius 1 is 1.07 bits per heavy atom. The first-order valence-corrected chi connectivity index (χ1v) is 11.2. The van der Waals surface area contributed by atoms with Crippen molar-refractivity contribution in [3.8, 4) is 11.5 Å². The lowest BCUT2D eigenvalue weighted by molar-refractivity contribution is 0.407. The van der Waals surface area contributed by atoms with E-state index in [2.05, 4.69) is 25.6 Å². The van der Waals surface area contributed by atoms with Crippen molar-refractivity contribution in [1.29, 1.82) is 0 Å². The summed E-state index contributed by atoms with van der Waals surface area (Å²) in [7, 11) is 3.23. The van der Waals surface area contributed by atoms with Crippen LogP contribution >= 0.6 is 0 Å². The third kappa shape index (κ3) is 5.42. The van der Waals surface area contributed by atoms with Gasteiger partial charge in [0.05, 0.1) is 30.9 Å². The number of pyridine rings is 1. The number of aryl methyl sites for hydroxylation is 1. The molecule has 3 N–H and O–H groups in total. The fraction of sp³-hybridized carbons (Fsp3) is 0.429. The highest BCUT2D eigenvalue weighted by Gasteiger charge is 2.21. The van der Waals surface area contributed by atoms with Crippen LogP contribution in [-0.2, 0) is 16.9 Å². The fourth-order valence-corrected chi connectivity index (χ4v) is 4.31. The number of nitrogens with one attached hydrogen (secondary N) is 3. The number of nitrogens with zero attached hydrogens (tertiary/aromatic N) is 2. The van der Waals surface area contributed by atoms with Crippen LogP contribution in [0.25, 0.3) is 11.0 Å². The van der Waals surface area contributed by atoms with E-state index in [4.69, 9.17) is 9.47 Å². The molecule has 0 spiro atoms. The number of fused-ring (bicyclic) bond motifs is 1. The maximum Gasteiger partial charge on any atom is 0.322 e. The van der Waals surface area contributed by atoms with Crippen molar-refractivity contribution in [2.75, 3.05) is 40.4 Å². The molecule has 0 saturated carbocycles. The predicted molar refractivity (Wildman–Crippen MR) is 119 cm³/mol. The molecule has 0 aliphatic carbocycles. The normalized spacial score (nSPS) is 14.7. The SMILES string of the molecule is C1CNCCN1.COc1ccc2[nH]c([S+]([O-])Cc3ncc(C)c(OC)c3C)nc2c1. The molecule has 1 fully saturated rings. The van der Waals surface area contributed by atoms with Gasteiger partial charge in [0.2, 0.25) is 0 Å². The van der Waals surface area contributed by atoms with Gasteiger partial charge in [0.25, 0.3) is 0 Å². The van der Waals surface area contributed by atoms with Gasteiger partial charge >= 0.3 is 5.16 Å². The van der Waals surface area contributed by atoms with Gasteiger partial charge in [-0.1, -0.05) is 0 Å². The Morgan fingerprint density at radius 2 is 1.77 bits per heavy atom. The van der Waals surface area contributed by atoms with Gasteiger partial charge in [0.1, 0.15) is 11.5 Å². The standard InChI is InChI=1S/C17H19N3O3S.C4H10N2/c1-10-8-18-15(11(2)16(10)23-4)9-24(21)17-19-13-6-5-12(22-3)7-14(13)20-17;1-2-6-4-3-5-1/h5-8H,9H2,1-4H3,(H,19,20);5-6H,1-4H2. The Bertz CT molecular complexity index is 963. The third-order valence-electron chi connectivity index (χ3n) is 4.86. The highest BCUT2D eigenvalue weighted by atomic mass is 32.2. The van der Waals surface area contributed by atoms with Crippen LogP contribution in [0.4, 0.5) is 0 Å². The van der Waals surface area contributed by atoms with Crippen LogP contribution in [0.2, 0.25) is 0 Å². The Balaban J connectivity index is 0.000000367. The molecule has 2 aromatic heterocycles. The van der Waals surface area contributed by atoms with Gasteiger partial charge in [-0.15, -0.1) is 0 Å². The first kappa shape index (κ1) is 22.4. The summed E-state index contributed by atoms with van der Waals surface area (Å²) in [5.41, 5.74) is 4.16. The van der Waals surface area contributed by atoms with Crippen molar-refractivity contribution in [3.05, 3.63) is 41.2 Å². The van der Waals surface area contributed by atoms with Crippen LogP contribution in [0.15, 0.2) is 29.6 Å². The van der Waals surface area contributed by atoms with Gasteiger partial charge in [0.15, 0.2) is 5.75 Å². The zero-order valence-electron chi connectivity index (χ0n) is 17.9. The van der Waals surface area contributed by atoms with Crippen LogP contribution in [-0.4, -0.2) is 59.9 Å². The molecule has 1 unspecified atom stereocenters. The molecule has 1 aliphatic heterocycles. The van der Waals surface area contributed by atoms with Gasteiger partial charge in [0, 0.05) is 60.7 Å². The number of aromatic amines is 1. The van der Waals surface area contributed by atoms with E-state index >= 15 is 0 Å². The molecule has 1 aromatic carbocycles. The average Bonchev–Trinajstić information content (AvgIpc) is 3.21. The summed E-state index contributed by atoms with van der Waals surface area (Å²) in [6.45, 7) is 8.42. The summed E-state index contributed by atoms with van der Waals surface area (Å²) < 4.78 is 23.3. The smallest absolute Gasteiger partial charge is 0.322 e. The van der Waals surface area contributed by atoms with Crippen LogP contribution in [0.5, 0.6) is 11.5 Å². The molecule has 0 bridgehead atoms. The molecule has 3 aromatic rings. The number of H-pyrrole nitrogens is 1. The number of aromatic nitrogens is 3. The monoisotopic (exact) mass is 431 g/mol. The largest absolute Gasteiger partial charge is 0.609 e. The van der Waals surface area contributed by atoms with Crippen LogP contribution in [0, 0.1) is 13.8 Å². The van der Waals surface area contributed by atoms with Crippen LogP contribution < -0.4 is 20.1 Å². The number of methoxy groups -OCH3 is 2. The minimum atomic E-state index is -1.33. The molecule has 30 heavy (non-hydrogen) atoms. The van der Waals surface area contributed by atoms with Crippen molar-refractivity contribution < 1.29 is 14.0 Å². The lowest BCUT2D eigenvalue weighted by Crippen LogP contribution is -2.39. The second-order valence-electron chi connectivity index (χ2n) is 6.96. The summed E-state index contributed by atoms with van der Waals surface area (Å²) in [6.07, 6.45) is 1.74. The van der Waals surface area contributed by atoms with E-state index in [0.717, 1.165) is 59.8 Å².